The first-order valence-corrected chi connectivity index (χ1v) is 12.8. The molecule has 13 heteroatoms. The van der Waals surface area contributed by atoms with E-state index in [0.29, 0.717) is 29.2 Å². The second kappa shape index (κ2) is 15.5. The van der Waals surface area contributed by atoms with Gasteiger partial charge in [-0.15, -0.1) is 13.2 Å². The highest BCUT2D eigenvalue weighted by Gasteiger charge is 2.43. The first-order chi connectivity index (χ1) is 19.8. The molecule has 0 fully saturated rings. The Kier molecular flexibility index (Phi) is 12.7. The second-order valence-electron chi connectivity index (χ2n) is 8.63. The molecule has 0 saturated heterocycles. The van der Waals surface area contributed by atoms with Gasteiger partial charge in [-0.3, -0.25) is 0 Å². The van der Waals surface area contributed by atoms with Gasteiger partial charge in [0.25, 0.3) is 0 Å². The third-order valence-corrected chi connectivity index (χ3v) is 5.52. The maximum atomic E-state index is 12.8. The van der Waals surface area contributed by atoms with E-state index in [9.17, 15) is 40.2 Å². The number of hydrogen-bond donors (Lipinski definition) is 1. The Balaban J connectivity index is 0.000000345. The van der Waals surface area contributed by atoms with Crippen molar-refractivity contribution in [3.05, 3.63) is 72.8 Å². The predicted octanol–water partition coefficient (Wildman–Crippen LogP) is 8.12. The molecule has 0 bridgehead atoms. The van der Waals surface area contributed by atoms with Crippen molar-refractivity contribution in [3.8, 4) is 28.4 Å². The van der Waals surface area contributed by atoms with E-state index in [0.717, 1.165) is 0 Å². The van der Waals surface area contributed by atoms with Crippen LogP contribution in [0.25, 0.3) is 11.1 Å². The van der Waals surface area contributed by atoms with Gasteiger partial charge in [0.1, 0.15) is 24.8 Å². The van der Waals surface area contributed by atoms with Gasteiger partial charge in [0, 0.05) is 12.1 Å². The summed E-state index contributed by atoms with van der Waals surface area (Å²) in [5.41, 5.74) is 1.74. The first kappa shape index (κ1) is 34.5. The van der Waals surface area contributed by atoms with E-state index in [-0.39, 0.29) is 24.1 Å². The highest BCUT2D eigenvalue weighted by atomic mass is 19.4. The topological polar surface area (TPSA) is 51.2 Å². The highest BCUT2D eigenvalue weighted by Crippen LogP contribution is 2.43. The maximum absolute atomic E-state index is 12.8. The summed E-state index contributed by atoms with van der Waals surface area (Å²) < 4.78 is 112. The van der Waals surface area contributed by atoms with Crippen molar-refractivity contribution in [1.82, 2.24) is 0 Å². The molecule has 1 N–H and O–H groups in total. The number of hydrogen-bond acceptors (Lipinski definition) is 5. The van der Waals surface area contributed by atoms with Crippen LogP contribution in [-0.4, -0.2) is 56.0 Å². The summed E-state index contributed by atoms with van der Waals surface area (Å²) in [6.45, 7) is 5.42. The van der Waals surface area contributed by atoms with Gasteiger partial charge >= 0.3 is 18.9 Å². The minimum absolute atomic E-state index is 0.0890. The smallest absolute Gasteiger partial charge is 0.489 e. The van der Waals surface area contributed by atoms with Crippen LogP contribution in [-0.2, 0) is 0 Å². The summed E-state index contributed by atoms with van der Waals surface area (Å²) in [6.07, 6.45) is -14.2. The van der Waals surface area contributed by atoms with E-state index < -0.39 is 31.7 Å². The van der Waals surface area contributed by atoms with Crippen LogP contribution < -0.4 is 19.1 Å². The molecule has 0 saturated carbocycles. The number of rotatable bonds is 8. The number of aliphatic hydroxyl groups is 1. The lowest BCUT2D eigenvalue weighted by Crippen LogP contribution is -2.45. The summed E-state index contributed by atoms with van der Waals surface area (Å²) in [4.78, 5) is 1.84. The predicted molar refractivity (Wildman–Crippen MR) is 142 cm³/mol. The molecule has 0 radical (unpaired) electrons. The van der Waals surface area contributed by atoms with E-state index in [1.54, 1.807) is 30.3 Å². The van der Waals surface area contributed by atoms with Crippen molar-refractivity contribution < 1.29 is 54.4 Å². The zero-order valence-electron chi connectivity index (χ0n) is 22.9. The summed E-state index contributed by atoms with van der Waals surface area (Å²) in [7, 11) is 0. The lowest BCUT2D eigenvalue weighted by molar-refractivity contribution is -0.274. The monoisotopic (exact) mass is 609 g/mol. The average Bonchev–Trinajstić information content (AvgIpc) is 2.95. The van der Waals surface area contributed by atoms with E-state index >= 15 is 0 Å². The largest absolute Gasteiger partial charge is 0.573 e. The Bertz CT molecular complexity index is 1230. The van der Waals surface area contributed by atoms with Gasteiger partial charge in [0.2, 0.25) is 0 Å². The number of para-hydroxylation sites is 2. The number of β-amino-alcohol motifs (C(OH)–C–C–N with tert-alkyl or cyclic N) is 1. The fraction of sp³-hybridized carbons (Fsp3) is 0.379. The van der Waals surface area contributed by atoms with E-state index in [1.165, 1.54) is 42.5 Å². The number of nitrogens with zero attached hydrogens (tertiary/aromatic N) is 1. The molecule has 0 spiro atoms. The van der Waals surface area contributed by atoms with E-state index in [2.05, 4.69) is 9.47 Å². The van der Waals surface area contributed by atoms with E-state index in [1.807, 2.05) is 25.7 Å². The molecule has 3 aromatic carbocycles. The van der Waals surface area contributed by atoms with Crippen molar-refractivity contribution in [2.24, 2.45) is 0 Å². The van der Waals surface area contributed by atoms with Crippen LogP contribution in [0.2, 0.25) is 0 Å². The Hall–Kier alpha value is -3.74. The van der Waals surface area contributed by atoms with Gasteiger partial charge in [-0.1, -0.05) is 56.3 Å². The minimum Gasteiger partial charge on any atom is -0.489 e. The molecule has 42 heavy (non-hydrogen) atoms. The second-order valence-corrected chi connectivity index (χ2v) is 8.63. The summed E-state index contributed by atoms with van der Waals surface area (Å²) in [6, 6.07) is 17.5. The molecule has 1 unspecified atom stereocenters. The van der Waals surface area contributed by atoms with Crippen LogP contribution >= 0.6 is 0 Å². The van der Waals surface area contributed by atoms with Crippen LogP contribution in [0.3, 0.4) is 0 Å². The Morgan fingerprint density at radius 1 is 0.905 bits per heavy atom. The molecular weight excluding hydrogens is 578 g/mol. The molecule has 0 aromatic heterocycles. The standard InChI is InChI=1S/C19H19F4NO3.C8H6F4O.C2H6/c1-12-11-26-18-16(6-3-7-17(18)24(12)10-14(25)9-20)13-4-2-5-15(8-13)27-19(21,22)23;9-7(10)8(11,12)13-6-4-2-1-3-5-6;1-2/h2-8,12,14,25H,9-11H2,1H3;1-5,7H;1-2H3/t12?,14-;;/m1../s1. The molecule has 3 aromatic rings. The van der Waals surface area contributed by atoms with Crippen LogP contribution in [0.4, 0.5) is 40.8 Å². The molecular formula is C29H31F8NO4. The van der Waals surface area contributed by atoms with Gasteiger partial charge in [-0.2, -0.15) is 17.6 Å². The fourth-order valence-electron chi connectivity index (χ4n) is 3.77. The highest BCUT2D eigenvalue weighted by molar-refractivity contribution is 5.80. The number of fused-ring (bicyclic) bond motifs is 1. The van der Waals surface area contributed by atoms with Crippen molar-refractivity contribution in [2.45, 2.75) is 51.8 Å². The third-order valence-electron chi connectivity index (χ3n) is 5.52. The van der Waals surface area contributed by atoms with Gasteiger partial charge in [-0.05, 0) is 42.8 Å². The average molecular weight is 610 g/mol. The molecule has 1 aliphatic heterocycles. The van der Waals surface area contributed by atoms with Gasteiger partial charge in [-0.25, -0.2) is 4.39 Å². The summed E-state index contributed by atoms with van der Waals surface area (Å²) in [5.74, 6) is -0.134. The molecule has 4 rings (SSSR count). The normalized spacial score (nSPS) is 15.3. The quantitative estimate of drug-likeness (QED) is 0.262. The number of alkyl halides is 8. The van der Waals surface area contributed by atoms with Crippen LogP contribution in [0.1, 0.15) is 20.8 Å². The summed E-state index contributed by atoms with van der Waals surface area (Å²) >= 11 is 0. The zero-order valence-corrected chi connectivity index (χ0v) is 22.9. The van der Waals surface area contributed by atoms with Gasteiger partial charge < -0.3 is 24.2 Å². The van der Waals surface area contributed by atoms with Crippen molar-refractivity contribution in [2.75, 3.05) is 24.7 Å². The van der Waals surface area contributed by atoms with E-state index in [4.69, 9.17) is 4.74 Å². The lowest BCUT2D eigenvalue weighted by Gasteiger charge is -2.38. The third kappa shape index (κ3) is 9.97. The zero-order chi connectivity index (χ0) is 31.5. The molecule has 0 aliphatic carbocycles. The Labute approximate surface area is 238 Å². The van der Waals surface area contributed by atoms with Crippen molar-refractivity contribution >= 4 is 5.69 Å². The Morgan fingerprint density at radius 3 is 2.12 bits per heavy atom. The van der Waals surface area contributed by atoms with Crippen molar-refractivity contribution in [1.29, 1.82) is 0 Å². The first-order valence-electron chi connectivity index (χ1n) is 12.8. The van der Waals surface area contributed by atoms with Gasteiger partial charge in [0.15, 0.2) is 5.75 Å². The molecule has 5 nitrogen and oxygen atoms in total. The number of anilines is 1. The van der Waals surface area contributed by atoms with Crippen LogP contribution in [0, 0.1) is 0 Å². The number of ether oxygens (including phenoxy) is 3. The van der Waals surface area contributed by atoms with Crippen LogP contribution in [0.5, 0.6) is 17.2 Å². The Morgan fingerprint density at radius 2 is 1.52 bits per heavy atom. The van der Waals surface area contributed by atoms with Gasteiger partial charge in [0.05, 0.1) is 17.8 Å². The molecule has 1 aliphatic rings. The lowest BCUT2D eigenvalue weighted by atomic mass is 10.0. The fourth-order valence-corrected chi connectivity index (χ4v) is 3.77. The molecule has 232 valence electrons. The summed E-state index contributed by atoms with van der Waals surface area (Å²) in [5, 5.41) is 9.70. The molecule has 1 heterocycles. The maximum Gasteiger partial charge on any atom is 0.573 e. The van der Waals surface area contributed by atoms with Crippen LogP contribution in [0.15, 0.2) is 72.8 Å². The molecule has 0 amide bonds. The minimum atomic E-state index is -4.78. The van der Waals surface area contributed by atoms with Crippen molar-refractivity contribution in [3.63, 3.8) is 0 Å². The SMILES string of the molecule is CC.CC1COc2c(-c3cccc(OC(F)(F)F)c3)cccc2N1C[C@H](O)CF.FC(F)C(F)(F)Oc1ccccc1. The number of aliphatic hydroxyl groups excluding tert-OH is 1. The number of benzene rings is 3. The molecule has 2 atom stereocenters. The number of halogens is 8.